The predicted molar refractivity (Wildman–Crippen MR) is 88.4 cm³/mol. The smallest absolute Gasteiger partial charge is 0.124 e. The fraction of sp³-hybridized carbons (Fsp3) is 0.333. The normalized spacial score (nSPS) is 11.7. The molecule has 3 heteroatoms. The van der Waals surface area contributed by atoms with Crippen LogP contribution in [0.3, 0.4) is 0 Å². The van der Waals surface area contributed by atoms with Crippen LogP contribution in [0.25, 0.3) is 0 Å². The van der Waals surface area contributed by atoms with Crippen LogP contribution in [0.15, 0.2) is 52.3 Å². The molecule has 0 fully saturated rings. The molecule has 2 aromatic carbocycles. The Morgan fingerprint density at radius 3 is 2.24 bits per heavy atom. The van der Waals surface area contributed by atoms with Crippen LogP contribution in [0.1, 0.15) is 31.9 Å². The molecule has 0 aliphatic heterocycles. The van der Waals surface area contributed by atoms with Crippen LogP contribution in [0.2, 0.25) is 0 Å². The lowest BCUT2D eigenvalue weighted by atomic mass is 9.87. The van der Waals surface area contributed by atoms with Gasteiger partial charge in [-0.2, -0.15) is 0 Å². The van der Waals surface area contributed by atoms with Gasteiger partial charge in [-0.3, -0.25) is 0 Å². The summed E-state index contributed by atoms with van der Waals surface area (Å²) in [5.74, 6) is -0.184. The summed E-state index contributed by atoms with van der Waals surface area (Å²) in [7, 11) is 1.86. The van der Waals surface area contributed by atoms with Crippen LogP contribution in [0.4, 0.5) is 4.39 Å². The average Bonchev–Trinajstić information content (AvgIpc) is 2.38. The van der Waals surface area contributed by atoms with Gasteiger partial charge in [0.2, 0.25) is 0 Å². The van der Waals surface area contributed by atoms with Gasteiger partial charge in [0.05, 0.1) is 0 Å². The molecule has 1 nitrogen and oxygen atoms in total. The number of hydrogen-bond acceptors (Lipinski definition) is 2. The molecule has 0 aromatic heterocycles. The third kappa shape index (κ3) is 4.58. The number of benzene rings is 2. The second-order valence-electron chi connectivity index (χ2n) is 6.20. The van der Waals surface area contributed by atoms with E-state index in [0.717, 1.165) is 15.4 Å². The molecule has 0 aliphatic carbocycles. The maximum absolute atomic E-state index is 13.6. The van der Waals surface area contributed by atoms with Gasteiger partial charge in [0.25, 0.3) is 0 Å². The SMILES string of the molecule is CNCc1cc(F)cc(Sc2ccc(C(C)(C)C)cc2)c1. The van der Waals surface area contributed by atoms with Crippen molar-refractivity contribution in [2.45, 2.75) is 42.5 Å². The first-order valence-electron chi connectivity index (χ1n) is 7.11. The van der Waals surface area contributed by atoms with Crippen LogP contribution in [-0.2, 0) is 12.0 Å². The van der Waals surface area contributed by atoms with Gasteiger partial charge in [0.15, 0.2) is 0 Å². The molecule has 0 saturated carbocycles. The first kappa shape index (κ1) is 16.1. The third-order valence-corrected chi connectivity index (χ3v) is 4.25. The number of halogens is 1. The topological polar surface area (TPSA) is 12.0 Å². The fourth-order valence-electron chi connectivity index (χ4n) is 2.14. The maximum Gasteiger partial charge on any atom is 0.124 e. The summed E-state index contributed by atoms with van der Waals surface area (Å²) in [6, 6.07) is 13.7. The van der Waals surface area contributed by atoms with Crippen molar-refractivity contribution >= 4 is 11.8 Å². The Kier molecular flexibility index (Phi) is 5.07. The van der Waals surface area contributed by atoms with Gasteiger partial charge in [-0.25, -0.2) is 4.39 Å². The van der Waals surface area contributed by atoms with Crippen molar-refractivity contribution in [3.05, 3.63) is 59.4 Å². The van der Waals surface area contributed by atoms with Crippen LogP contribution in [-0.4, -0.2) is 7.05 Å². The van der Waals surface area contributed by atoms with Crippen molar-refractivity contribution in [3.8, 4) is 0 Å². The number of hydrogen-bond donors (Lipinski definition) is 1. The molecule has 0 saturated heterocycles. The lowest BCUT2D eigenvalue weighted by molar-refractivity contribution is 0.590. The van der Waals surface area contributed by atoms with E-state index in [1.54, 1.807) is 23.9 Å². The van der Waals surface area contributed by atoms with Crippen molar-refractivity contribution in [1.29, 1.82) is 0 Å². The van der Waals surface area contributed by atoms with Crippen molar-refractivity contribution < 1.29 is 4.39 Å². The van der Waals surface area contributed by atoms with E-state index in [9.17, 15) is 4.39 Å². The minimum absolute atomic E-state index is 0.155. The molecular formula is C18H22FNS. The highest BCUT2D eigenvalue weighted by Gasteiger charge is 2.13. The molecule has 1 N–H and O–H groups in total. The molecule has 0 heterocycles. The molecular weight excluding hydrogens is 281 g/mol. The molecule has 2 rings (SSSR count). The van der Waals surface area contributed by atoms with Gasteiger partial charge in [-0.1, -0.05) is 44.7 Å². The summed E-state index contributed by atoms with van der Waals surface area (Å²) < 4.78 is 13.6. The molecule has 0 radical (unpaired) electrons. The van der Waals surface area contributed by atoms with E-state index in [4.69, 9.17) is 0 Å². The molecule has 0 bridgehead atoms. The zero-order valence-corrected chi connectivity index (χ0v) is 13.9. The Balaban J connectivity index is 2.18. The first-order valence-corrected chi connectivity index (χ1v) is 7.92. The van der Waals surface area contributed by atoms with Crippen molar-refractivity contribution in [2.24, 2.45) is 0 Å². The number of nitrogens with one attached hydrogen (secondary N) is 1. The van der Waals surface area contributed by atoms with E-state index in [0.29, 0.717) is 6.54 Å². The lowest BCUT2D eigenvalue weighted by Crippen LogP contribution is -2.10. The first-order chi connectivity index (χ1) is 9.88. The minimum atomic E-state index is -0.184. The number of rotatable bonds is 4. The van der Waals surface area contributed by atoms with E-state index in [1.165, 1.54) is 5.56 Å². The second kappa shape index (κ2) is 6.63. The Hall–Kier alpha value is -1.32. The molecule has 0 atom stereocenters. The highest BCUT2D eigenvalue weighted by atomic mass is 32.2. The lowest BCUT2D eigenvalue weighted by Gasteiger charge is -2.19. The quantitative estimate of drug-likeness (QED) is 0.853. The average molecular weight is 303 g/mol. The molecule has 0 amide bonds. The van der Waals surface area contributed by atoms with Gasteiger partial charge in [0.1, 0.15) is 5.82 Å². The van der Waals surface area contributed by atoms with E-state index in [2.05, 4.69) is 50.4 Å². The highest BCUT2D eigenvalue weighted by molar-refractivity contribution is 7.99. The summed E-state index contributed by atoms with van der Waals surface area (Å²) in [5.41, 5.74) is 2.43. The second-order valence-corrected chi connectivity index (χ2v) is 7.35. The Labute approximate surface area is 131 Å². The molecule has 112 valence electrons. The van der Waals surface area contributed by atoms with Gasteiger partial charge in [-0.05, 0) is 53.9 Å². The summed E-state index contributed by atoms with van der Waals surface area (Å²) in [4.78, 5) is 2.06. The van der Waals surface area contributed by atoms with Crippen LogP contribution in [0.5, 0.6) is 0 Å². The summed E-state index contributed by atoms with van der Waals surface area (Å²) in [5, 5.41) is 3.05. The molecule has 0 spiro atoms. The van der Waals surface area contributed by atoms with Gasteiger partial charge >= 0.3 is 0 Å². The van der Waals surface area contributed by atoms with Crippen molar-refractivity contribution in [2.75, 3.05) is 7.05 Å². The predicted octanol–water partition coefficient (Wildman–Crippen LogP) is 4.99. The van der Waals surface area contributed by atoms with Crippen LogP contribution in [0, 0.1) is 5.82 Å². The molecule has 0 unspecified atom stereocenters. The maximum atomic E-state index is 13.6. The largest absolute Gasteiger partial charge is 0.316 e. The van der Waals surface area contributed by atoms with Crippen LogP contribution >= 0.6 is 11.8 Å². The van der Waals surface area contributed by atoms with E-state index >= 15 is 0 Å². The Morgan fingerprint density at radius 2 is 1.67 bits per heavy atom. The summed E-state index contributed by atoms with van der Waals surface area (Å²) in [6.45, 7) is 7.28. The minimum Gasteiger partial charge on any atom is -0.316 e. The van der Waals surface area contributed by atoms with E-state index in [1.807, 2.05) is 13.1 Å². The van der Waals surface area contributed by atoms with Crippen LogP contribution < -0.4 is 5.32 Å². The van der Waals surface area contributed by atoms with Crippen molar-refractivity contribution in [3.63, 3.8) is 0 Å². The molecule has 21 heavy (non-hydrogen) atoms. The Morgan fingerprint density at radius 1 is 1.00 bits per heavy atom. The fourth-order valence-corrected chi connectivity index (χ4v) is 3.07. The molecule has 0 aliphatic rings. The van der Waals surface area contributed by atoms with Gasteiger partial charge < -0.3 is 5.32 Å². The van der Waals surface area contributed by atoms with Gasteiger partial charge in [0, 0.05) is 16.3 Å². The highest BCUT2D eigenvalue weighted by Crippen LogP contribution is 2.31. The summed E-state index contributed by atoms with van der Waals surface area (Å²) in [6.07, 6.45) is 0. The van der Waals surface area contributed by atoms with Gasteiger partial charge in [-0.15, -0.1) is 0 Å². The van der Waals surface area contributed by atoms with Crippen molar-refractivity contribution in [1.82, 2.24) is 5.32 Å². The monoisotopic (exact) mass is 303 g/mol. The summed E-state index contributed by atoms with van der Waals surface area (Å²) >= 11 is 1.59. The zero-order chi connectivity index (χ0) is 15.5. The standard InChI is InChI=1S/C18H22FNS/c1-18(2,3)14-5-7-16(8-6-14)21-17-10-13(12-20-4)9-15(19)11-17/h5-11,20H,12H2,1-4H3. The molecule has 2 aromatic rings. The third-order valence-electron chi connectivity index (χ3n) is 3.27. The van der Waals surface area contributed by atoms with E-state index < -0.39 is 0 Å². The zero-order valence-electron chi connectivity index (χ0n) is 13.0. The van der Waals surface area contributed by atoms with E-state index in [-0.39, 0.29) is 11.2 Å². The Bertz CT molecular complexity index is 600.